The molecule has 1 aromatic carbocycles. The number of nitrogens with zero attached hydrogens (tertiary/aromatic N) is 2. The van der Waals surface area contributed by atoms with Crippen molar-refractivity contribution in [3.05, 3.63) is 24.3 Å². The summed E-state index contributed by atoms with van der Waals surface area (Å²) in [4.78, 5) is 9.12. The zero-order valence-electron chi connectivity index (χ0n) is 12.6. The van der Waals surface area contributed by atoms with Gasteiger partial charge in [0.2, 0.25) is 5.95 Å². The minimum absolute atomic E-state index is 0.0929. The summed E-state index contributed by atoms with van der Waals surface area (Å²) < 4.78 is 5.83. The molecule has 1 aromatic heterocycles. The highest BCUT2D eigenvalue weighted by molar-refractivity contribution is 5.90. The fraction of sp³-hybridized carbons (Fsp3) is 0.500. The second kappa shape index (κ2) is 5.85. The Morgan fingerprint density at radius 3 is 2.86 bits per heavy atom. The van der Waals surface area contributed by atoms with E-state index in [9.17, 15) is 0 Å². The SMILES string of the molecule is CCNc1nc(NCC2(C)CCCO2)c2ccccc2n1. The zero-order chi connectivity index (χ0) is 14.7. The first-order valence-electron chi connectivity index (χ1n) is 7.59. The van der Waals surface area contributed by atoms with Crippen molar-refractivity contribution < 1.29 is 4.74 Å². The van der Waals surface area contributed by atoms with E-state index in [1.165, 1.54) is 0 Å². The molecule has 1 unspecified atom stereocenters. The van der Waals surface area contributed by atoms with Gasteiger partial charge in [0, 0.05) is 25.1 Å². The molecule has 3 rings (SSSR count). The summed E-state index contributed by atoms with van der Waals surface area (Å²) in [6.07, 6.45) is 2.22. The maximum absolute atomic E-state index is 5.83. The van der Waals surface area contributed by atoms with Crippen molar-refractivity contribution in [3.63, 3.8) is 0 Å². The highest BCUT2D eigenvalue weighted by Crippen LogP contribution is 2.27. The van der Waals surface area contributed by atoms with E-state index in [4.69, 9.17) is 4.74 Å². The average Bonchev–Trinajstić information content (AvgIpc) is 2.92. The van der Waals surface area contributed by atoms with Gasteiger partial charge in [0.05, 0.1) is 11.1 Å². The number of para-hydroxylation sites is 1. The lowest BCUT2D eigenvalue weighted by atomic mass is 10.0. The molecule has 112 valence electrons. The van der Waals surface area contributed by atoms with Crippen LogP contribution in [0.4, 0.5) is 11.8 Å². The van der Waals surface area contributed by atoms with Gasteiger partial charge >= 0.3 is 0 Å². The van der Waals surface area contributed by atoms with Crippen molar-refractivity contribution in [1.29, 1.82) is 0 Å². The first kappa shape index (κ1) is 14.1. The topological polar surface area (TPSA) is 59.1 Å². The molecule has 5 heteroatoms. The molecule has 0 aliphatic carbocycles. The van der Waals surface area contributed by atoms with Crippen molar-refractivity contribution in [2.45, 2.75) is 32.3 Å². The molecule has 1 atom stereocenters. The lowest BCUT2D eigenvalue weighted by molar-refractivity contribution is 0.0315. The third-order valence-electron chi connectivity index (χ3n) is 3.87. The smallest absolute Gasteiger partial charge is 0.225 e. The van der Waals surface area contributed by atoms with E-state index >= 15 is 0 Å². The molecular weight excluding hydrogens is 264 g/mol. The molecule has 0 radical (unpaired) electrons. The quantitative estimate of drug-likeness (QED) is 0.884. The Balaban J connectivity index is 1.88. The van der Waals surface area contributed by atoms with Gasteiger partial charge in [-0.3, -0.25) is 0 Å². The minimum atomic E-state index is -0.0929. The van der Waals surface area contributed by atoms with Crippen LogP contribution in [0.1, 0.15) is 26.7 Å². The van der Waals surface area contributed by atoms with Crippen molar-refractivity contribution in [1.82, 2.24) is 9.97 Å². The van der Waals surface area contributed by atoms with Gasteiger partial charge in [-0.05, 0) is 38.8 Å². The fourth-order valence-electron chi connectivity index (χ4n) is 2.70. The molecule has 1 aliphatic rings. The third kappa shape index (κ3) is 3.08. The maximum Gasteiger partial charge on any atom is 0.225 e. The second-order valence-corrected chi connectivity index (χ2v) is 5.70. The van der Waals surface area contributed by atoms with Gasteiger partial charge in [-0.15, -0.1) is 0 Å². The second-order valence-electron chi connectivity index (χ2n) is 5.70. The Morgan fingerprint density at radius 2 is 2.10 bits per heavy atom. The molecule has 21 heavy (non-hydrogen) atoms. The normalized spacial score (nSPS) is 21.6. The lowest BCUT2D eigenvalue weighted by Gasteiger charge is -2.24. The van der Waals surface area contributed by atoms with E-state index in [0.717, 1.165) is 49.3 Å². The van der Waals surface area contributed by atoms with Gasteiger partial charge in [0.15, 0.2) is 0 Å². The molecule has 0 spiro atoms. The summed E-state index contributed by atoms with van der Waals surface area (Å²) in [5.74, 6) is 1.53. The number of hydrogen-bond acceptors (Lipinski definition) is 5. The van der Waals surface area contributed by atoms with E-state index < -0.39 is 0 Å². The summed E-state index contributed by atoms with van der Waals surface area (Å²) >= 11 is 0. The summed E-state index contributed by atoms with van der Waals surface area (Å²) in [6, 6.07) is 8.07. The number of rotatable bonds is 5. The van der Waals surface area contributed by atoms with Gasteiger partial charge in [-0.1, -0.05) is 12.1 Å². The molecule has 0 bridgehead atoms. The van der Waals surface area contributed by atoms with Crippen LogP contribution in [0.2, 0.25) is 0 Å². The highest BCUT2D eigenvalue weighted by Gasteiger charge is 2.29. The molecule has 1 aliphatic heterocycles. The van der Waals surface area contributed by atoms with Crippen LogP contribution in [0.3, 0.4) is 0 Å². The van der Waals surface area contributed by atoms with Crippen molar-refractivity contribution in [2.75, 3.05) is 30.3 Å². The number of hydrogen-bond donors (Lipinski definition) is 2. The minimum Gasteiger partial charge on any atom is -0.373 e. The van der Waals surface area contributed by atoms with Crippen LogP contribution in [0.5, 0.6) is 0 Å². The summed E-state index contributed by atoms with van der Waals surface area (Å²) in [5.41, 5.74) is 0.855. The standard InChI is InChI=1S/C16H22N4O/c1-3-17-15-19-13-8-5-4-7-12(13)14(20-15)18-11-16(2)9-6-10-21-16/h4-5,7-8H,3,6,9-11H2,1-2H3,(H2,17,18,19,20). The number of fused-ring (bicyclic) bond motifs is 1. The van der Waals surface area contributed by atoms with E-state index in [0.29, 0.717) is 5.95 Å². The monoisotopic (exact) mass is 286 g/mol. The Morgan fingerprint density at radius 1 is 1.24 bits per heavy atom. The fourth-order valence-corrected chi connectivity index (χ4v) is 2.70. The predicted octanol–water partition coefficient (Wildman–Crippen LogP) is 3.04. The molecule has 2 heterocycles. The van der Waals surface area contributed by atoms with E-state index in [-0.39, 0.29) is 5.60 Å². The van der Waals surface area contributed by atoms with Crippen molar-refractivity contribution in [3.8, 4) is 0 Å². The largest absolute Gasteiger partial charge is 0.373 e. The van der Waals surface area contributed by atoms with E-state index in [1.54, 1.807) is 0 Å². The molecule has 5 nitrogen and oxygen atoms in total. The number of ether oxygens (including phenoxy) is 1. The number of nitrogens with one attached hydrogen (secondary N) is 2. The average molecular weight is 286 g/mol. The molecule has 0 saturated carbocycles. The van der Waals surface area contributed by atoms with Crippen LogP contribution in [0.25, 0.3) is 10.9 Å². The number of anilines is 2. The summed E-state index contributed by atoms with van der Waals surface area (Å²) in [6.45, 7) is 6.62. The maximum atomic E-state index is 5.83. The van der Waals surface area contributed by atoms with Crippen LogP contribution >= 0.6 is 0 Å². The lowest BCUT2D eigenvalue weighted by Crippen LogP contribution is -2.32. The van der Waals surface area contributed by atoms with Crippen LogP contribution in [-0.2, 0) is 4.74 Å². The number of benzene rings is 1. The van der Waals surface area contributed by atoms with Crippen LogP contribution in [0, 0.1) is 0 Å². The first-order valence-corrected chi connectivity index (χ1v) is 7.59. The van der Waals surface area contributed by atoms with Gasteiger partial charge in [-0.25, -0.2) is 4.98 Å². The van der Waals surface area contributed by atoms with Gasteiger partial charge < -0.3 is 15.4 Å². The molecular formula is C16H22N4O. The molecule has 0 amide bonds. The summed E-state index contributed by atoms with van der Waals surface area (Å²) in [7, 11) is 0. The van der Waals surface area contributed by atoms with Gasteiger partial charge in [0.1, 0.15) is 5.82 Å². The zero-order valence-corrected chi connectivity index (χ0v) is 12.6. The van der Waals surface area contributed by atoms with Crippen molar-refractivity contribution in [2.24, 2.45) is 0 Å². The van der Waals surface area contributed by atoms with Gasteiger partial charge in [-0.2, -0.15) is 4.98 Å². The number of aromatic nitrogens is 2. The Bertz CT molecular complexity index is 623. The third-order valence-corrected chi connectivity index (χ3v) is 3.87. The van der Waals surface area contributed by atoms with Crippen LogP contribution in [-0.4, -0.2) is 35.3 Å². The molecule has 2 N–H and O–H groups in total. The highest BCUT2D eigenvalue weighted by atomic mass is 16.5. The summed E-state index contributed by atoms with van der Waals surface area (Å²) in [5, 5.41) is 7.68. The Labute approximate surface area is 125 Å². The van der Waals surface area contributed by atoms with E-state index in [1.807, 2.05) is 31.2 Å². The first-order chi connectivity index (χ1) is 10.2. The molecule has 2 aromatic rings. The van der Waals surface area contributed by atoms with E-state index in [2.05, 4.69) is 27.5 Å². The van der Waals surface area contributed by atoms with Crippen LogP contribution < -0.4 is 10.6 Å². The van der Waals surface area contributed by atoms with Gasteiger partial charge in [0.25, 0.3) is 0 Å². The van der Waals surface area contributed by atoms with Crippen LogP contribution in [0.15, 0.2) is 24.3 Å². The molecule has 1 fully saturated rings. The van der Waals surface area contributed by atoms with Crippen molar-refractivity contribution >= 4 is 22.7 Å². The predicted molar refractivity (Wildman–Crippen MR) is 85.8 cm³/mol. The Hall–Kier alpha value is -1.88. The Kier molecular flexibility index (Phi) is 3.92. The molecule has 1 saturated heterocycles.